The number of aliphatic hydroxyl groups is 1. The third-order valence-electron chi connectivity index (χ3n) is 7.34. The number of aliphatic hydroxyl groups excluding tert-OH is 1. The Morgan fingerprint density at radius 1 is 1.05 bits per heavy atom. The second-order valence-corrected chi connectivity index (χ2v) is 10.5. The lowest BCUT2D eigenvalue weighted by molar-refractivity contribution is -0.121. The summed E-state index contributed by atoms with van der Waals surface area (Å²) in [5, 5.41) is 13.8. The van der Waals surface area contributed by atoms with Gasteiger partial charge in [0.15, 0.2) is 11.9 Å². The first kappa shape index (κ1) is 33.7. The summed E-state index contributed by atoms with van der Waals surface area (Å²) in [6.07, 6.45) is 2.58. The summed E-state index contributed by atoms with van der Waals surface area (Å²) < 4.78 is 21.9. The van der Waals surface area contributed by atoms with Gasteiger partial charge in [-0.15, -0.1) is 0 Å². The molecule has 226 valence electrons. The number of primary amides is 1. The number of amides is 2. The minimum absolute atomic E-state index is 0.0639. The fourth-order valence-electron chi connectivity index (χ4n) is 4.99. The maximum absolute atomic E-state index is 13.5. The SMILES string of the molecule is COC1=C2C[C@@H](C)C[C@H](OC)[C@H](O)[C@H](C)/C=C(\C)[C@@H](OC(N)=O)[C@@H](OC)/C=C/C=C(/C)C(=O)NC(=C(C)C1=O)C2=O. The fraction of sp³-hybridized carbons (Fsp3) is 0.533. The number of hydrogen-bond donors (Lipinski definition) is 3. The molecule has 2 amide bonds. The van der Waals surface area contributed by atoms with E-state index in [1.165, 1.54) is 34.3 Å². The molecule has 11 nitrogen and oxygen atoms in total. The average molecular weight is 575 g/mol. The fourth-order valence-corrected chi connectivity index (χ4v) is 4.99. The van der Waals surface area contributed by atoms with E-state index >= 15 is 0 Å². The molecule has 1 heterocycles. The van der Waals surface area contributed by atoms with Crippen LogP contribution in [0.2, 0.25) is 0 Å². The zero-order valence-corrected chi connectivity index (χ0v) is 25.0. The normalized spacial score (nSPS) is 32.5. The van der Waals surface area contributed by atoms with Gasteiger partial charge in [-0.2, -0.15) is 0 Å². The number of ketones is 2. The van der Waals surface area contributed by atoms with Crippen LogP contribution in [-0.2, 0) is 33.3 Å². The lowest BCUT2D eigenvalue weighted by atomic mass is 9.84. The van der Waals surface area contributed by atoms with Crippen molar-refractivity contribution in [3.8, 4) is 0 Å². The van der Waals surface area contributed by atoms with Gasteiger partial charge in [-0.25, -0.2) is 4.79 Å². The molecule has 1 aliphatic heterocycles. The predicted octanol–water partition coefficient (Wildman–Crippen LogP) is 2.80. The van der Waals surface area contributed by atoms with Gasteiger partial charge in [0.2, 0.25) is 11.6 Å². The van der Waals surface area contributed by atoms with Crippen LogP contribution in [0.5, 0.6) is 0 Å². The van der Waals surface area contributed by atoms with Crippen molar-refractivity contribution in [1.29, 1.82) is 0 Å². The Bertz CT molecular complexity index is 1190. The maximum Gasteiger partial charge on any atom is 0.405 e. The van der Waals surface area contributed by atoms with Crippen LogP contribution >= 0.6 is 0 Å². The van der Waals surface area contributed by atoms with E-state index in [0.717, 1.165) is 0 Å². The molecular formula is C30H42N2O9. The first-order chi connectivity index (χ1) is 19.3. The van der Waals surface area contributed by atoms with Crippen molar-refractivity contribution in [2.75, 3.05) is 21.3 Å². The summed E-state index contributed by atoms with van der Waals surface area (Å²) >= 11 is 0. The molecule has 0 spiro atoms. The number of nitrogens with two attached hydrogens (primary N) is 1. The lowest BCUT2D eigenvalue weighted by Crippen LogP contribution is -2.37. The quantitative estimate of drug-likeness (QED) is 0.338. The number of nitrogens with one attached hydrogen (secondary N) is 1. The van der Waals surface area contributed by atoms with Gasteiger partial charge in [-0.3, -0.25) is 14.4 Å². The van der Waals surface area contributed by atoms with E-state index < -0.39 is 53.9 Å². The Labute approximate surface area is 241 Å². The number of fused-ring (bicyclic) bond motifs is 2. The van der Waals surface area contributed by atoms with E-state index in [4.69, 9.17) is 24.7 Å². The molecule has 0 saturated carbocycles. The zero-order valence-electron chi connectivity index (χ0n) is 25.0. The highest BCUT2D eigenvalue weighted by Gasteiger charge is 2.36. The summed E-state index contributed by atoms with van der Waals surface area (Å²) in [7, 11) is 4.23. The van der Waals surface area contributed by atoms with Crippen LogP contribution < -0.4 is 11.1 Å². The van der Waals surface area contributed by atoms with Crippen LogP contribution in [0.1, 0.15) is 47.5 Å². The highest BCUT2D eigenvalue weighted by Crippen LogP contribution is 2.31. The minimum Gasteiger partial charge on any atom is -0.492 e. The van der Waals surface area contributed by atoms with E-state index in [1.54, 1.807) is 39.0 Å². The number of rotatable bonds is 4. The van der Waals surface area contributed by atoms with Gasteiger partial charge in [-0.05, 0) is 45.1 Å². The van der Waals surface area contributed by atoms with E-state index in [2.05, 4.69) is 5.32 Å². The predicted molar refractivity (Wildman–Crippen MR) is 151 cm³/mol. The second-order valence-electron chi connectivity index (χ2n) is 10.5. The van der Waals surface area contributed by atoms with E-state index in [9.17, 15) is 24.3 Å². The van der Waals surface area contributed by atoms with Gasteiger partial charge in [0, 0.05) is 36.9 Å². The van der Waals surface area contributed by atoms with Gasteiger partial charge in [0.25, 0.3) is 5.91 Å². The van der Waals surface area contributed by atoms with Crippen LogP contribution in [0.15, 0.2) is 58.1 Å². The maximum atomic E-state index is 13.5. The number of Topliss-reactive ketones (excluding diaryl/α,β-unsaturated/α-hetero) is 2. The van der Waals surface area contributed by atoms with Gasteiger partial charge in [0.05, 0.1) is 25.0 Å². The number of hydrogen-bond acceptors (Lipinski definition) is 9. The molecule has 0 aromatic rings. The van der Waals surface area contributed by atoms with Gasteiger partial charge >= 0.3 is 6.09 Å². The van der Waals surface area contributed by atoms with Gasteiger partial charge in [0.1, 0.15) is 6.10 Å². The van der Waals surface area contributed by atoms with Crippen molar-refractivity contribution in [3.05, 3.63) is 58.1 Å². The summed E-state index contributed by atoms with van der Waals surface area (Å²) in [5.74, 6) is -2.31. The second kappa shape index (κ2) is 14.9. The number of ether oxygens (including phenoxy) is 4. The minimum atomic E-state index is -1.00. The van der Waals surface area contributed by atoms with Crippen molar-refractivity contribution in [3.63, 3.8) is 0 Å². The highest BCUT2D eigenvalue weighted by atomic mass is 16.6. The molecule has 0 aromatic heterocycles. The number of allylic oxidation sites excluding steroid dienone is 4. The van der Waals surface area contributed by atoms with Crippen LogP contribution in [0, 0.1) is 11.8 Å². The third-order valence-corrected chi connectivity index (χ3v) is 7.34. The van der Waals surface area contributed by atoms with Crippen LogP contribution in [0.25, 0.3) is 0 Å². The van der Waals surface area contributed by atoms with Crippen molar-refractivity contribution < 1.29 is 43.2 Å². The largest absolute Gasteiger partial charge is 0.492 e. The van der Waals surface area contributed by atoms with Crippen molar-refractivity contribution in [1.82, 2.24) is 5.32 Å². The molecule has 2 bridgehead atoms. The molecule has 0 saturated heterocycles. The van der Waals surface area contributed by atoms with Gasteiger partial charge < -0.3 is 35.1 Å². The standard InChI is InChI=1S/C30H42N2O9/c1-15-12-20-26(35)23(19(5)25(34)28(20)40-8)32-29(36)16(2)10-9-11-21(38-6)27(41-30(31)37)18(4)14-17(3)24(33)22(13-15)39-7/h9-11,14-15,17,21-22,24,27,33H,12-13H2,1-8H3,(H2,31,37)(H,32,36)/b11-9+,16-10-,18-14+/t15-,17-,21+,22+,24-,27-/m1/s1. The van der Waals surface area contributed by atoms with Crippen molar-refractivity contribution >= 4 is 23.6 Å². The molecule has 2 aliphatic rings. The van der Waals surface area contributed by atoms with Crippen LogP contribution in [0.4, 0.5) is 4.79 Å². The molecule has 6 atom stereocenters. The van der Waals surface area contributed by atoms with Crippen molar-refractivity contribution in [2.24, 2.45) is 17.6 Å². The third kappa shape index (κ3) is 8.25. The van der Waals surface area contributed by atoms with E-state index in [-0.39, 0.29) is 40.5 Å². The summed E-state index contributed by atoms with van der Waals surface area (Å²) in [4.78, 5) is 51.4. The Morgan fingerprint density at radius 3 is 2.27 bits per heavy atom. The number of carbonyl (C=O) groups is 4. The van der Waals surface area contributed by atoms with Crippen molar-refractivity contribution in [2.45, 2.75) is 71.9 Å². The molecule has 0 unspecified atom stereocenters. The number of methoxy groups -OCH3 is 3. The van der Waals surface area contributed by atoms with Gasteiger partial charge in [-0.1, -0.05) is 38.2 Å². The highest BCUT2D eigenvalue weighted by molar-refractivity contribution is 6.25. The van der Waals surface area contributed by atoms with Crippen LogP contribution in [-0.4, -0.2) is 74.4 Å². The Balaban J connectivity index is 2.65. The summed E-state index contributed by atoms with van der Waals surface area (Å²) in [5.41, 5.74) is 6.26. The molecule has 4 N–H and O–H groups in total. The molecule has 0 aromatic carbocycles. The van der Waals surface area contributed by atoms with Crippen LogP contribution in [0.3, 0.4) is 0 Å². The molecular weight excluding hydrogens is 532 g/mol. The molecule has 41 heavy (non-hydrogen) atoms. The van der Waals surface area contributed by atoms with E-state index in [0.29, 0.717) is 12.0 Å². The first-order valence-corrected chi connectivity index (χ1v) is 13.4. The molecule has 11 heteroatoms. The smallest absolute Gasteiger partial charge is 0.405 e. The van der Waals surface area contributed by atoms with E-state index in [1.807, 2.05) is 6.92 Å². The topological polar surface area (TPSA) is 163 Å². The monoisotopic (exact) mass is 574 g/mol. The molecule has 0 fully saturated rings. The average Bonchev–Trinajstić information content (AvgIpc) is 2.92. The Kier molecular flexibility index (Phi) is 12.2. The first-order valence-electron chi connectivity index (χ1n) is 13.4. The Morgan fingerprint density at radius 2 is 1.71 bits per heavy atom. The molecule has 1 aliphatic carbocycles. The molecule has 2 rings (SSSR count). The lowest BCUT2D eigenvalue weighted by Gasteiger charge is -2.30. The zero-order chi connectivity index (χ0) is 31.0. The Hall–Kier alpha value is -3.54. The molecule has 0 radical (unpaired) electrons. The number of carbonyl (C=O) groups excluding carboxylic acids is 4. The summed E-state index contributed by atoms with van der Waals surface area (Å²) in [6.45, 7) is 8.40. The summed E-state index contributed by atoms with van der Waals surface area (Å²) in [6, 6.07) is 0.